The van der Waals surface area contributed by atoms with Crippen LogP contribution in [0.4, 0.5) is 0 Å². The van der Waals surface area contributed by atoms with Gasteiger partial charge in [0.2, 0.25) is 0 Å². The van der Waals surface area contributed by atoms with Crippen LogP contribution in [-0.2, 0) is 0 Å². The third kappa shape index (κ3) is 3.39. The zero-order valence-corrected chi connectivity index (χ0v) is 11.8. The van der Waals surface area contributed by atoms with E-state index in [2.05, 4.69) is 51.8 Å². The quantitative estimate of drug-likeness (QED) is 0.789. The Hall–Kier alpha value is 0.310. The van der Waals surface area contributed by atoms with E-state index in [1.54, 1.807) is 0 Å². The fraction of sp³-hybridized carbons (Fsp3) is 1.00. The maximum absolute atomic E-state index is 3.55. The highest BCUT2D eigenvalue weighted by Gasteiger charge is 2.38. The van der Waals surface area contributed by atoms with Crippen LogP contribution in [0.5, 0.6) is 0 Å². The molecule has 1 N–H and O–H groups in total. The van der Waals surface area contributed by atoms with Gasteiger partial charge in [0.05, 0.1) is 0 Å². The summed E-state index contributed by atoms with van der Waals surface area (Å²) in [5.41, 5.74) is 0.470. The van der Waals surface area contributed by atoms with Crippen molar-refractivity contribution in [2.45, 2.75) is 69.9 Å². The number of hydrogen-bond donors (Lipinski definition) is 1. The standard InChI is InChI=1S/C13H27NS/c1-6-10(2)15-11-8-7-9-13(3,4)12(11)14-5/h10-12,14H,6-9H2,1-5H3. The largest absolute Gasteiger partial charge is 0.315 e. The van der Waals surface area contributed by atoms with Crippen LogP contribution in [0, 0.1) is 5.41 Å². The topological polar surface area (TPSA) is 12.0 Å². The average Bonchev–Trinajstić information content (AvgIpc) is 2.16. The third-order valence-electron chi connectivity index (χ3n) is 3.82. The molecule has 2 heteroatoms. The molecular weight excluding hydrogens is 202 g/mol. The predicted octanol–water partition coefficient (Wildman–Crippen LogP) is 3.68. The molecule has 1 saturated carbocycles. The van der Waals surface area contributed by atoms with Crippen molar-refractivity contribution in [3.05, 3.63) is 0 Å². The van der Waals surface area contributed by atoms with E-state index in [0.29, 0.717) is 11.5 Å². The van der Waals surface area contributed by atoms with Gasteiger partial charge in [-0.3, -0.25) is 0 Å². The minimum Gasteiger partial charge on any atom is -0.315 e. The molecule has 15 heavy (non-hydrogen) atoms. The van der Waals surface area contributed by atoms with Gasteiger partial charge in [0, 0.05) is 16.5 Å². The first-order valence-electron chi connectivity index (χ1n) is 6.34. The summed E-state index contributed by atoms with van der Waals surface area (Å²) in [6.07, 6.45) is 5.46. The Balaban J connectivity index is 2.61. The van der Waals surface area contributed by atoms with Crippen molar-refractivity contribution in [2.24, 2.45) is 5.41 Å². The molecule has 0 heterocycles. The highest BCUT2D eigenvalue weighted by molar-refractivity contribution is 8.00. The number of rotatable bonds is 4. The molecule has 0 saturated heterocycles. The minimum absolute atomic E-state index is 0.470. The molecule has 0 amide bonds. The van der Waals surface area contributed by atoms with Crippen LogP contribution < -0.4 is 5.32 Å². The Morgan fingerprint density at radius 1 is 1.47 bits per heavy atom. The van der Waals surface area contributed by atoms with Crippen molar-refractivity contribution in [3.8, 4) is 0 Å². The van der Waals surface area contributed by atoms with E-state index in [9.17, 15) is 0 Å². The van der Waals surface area contributed by atoms with Gasteiger partial charge in [0.1, 0.15) is 0 Å². The van der Waals surface area contributed by atoms with Gasteiger partial charge in [-0.2, -0.15) is 11.8 Å². The smallest absolute Gasteiger partial charge is 0.0234 e. The van der Waals surface area contributed by atoms with Gasteiger partial charge < -0.3 is 5.32 Å². The first-order valence-corrected chi connectivity index (χ1v) is 7.28. The van der Waals surface area contributed by atoms with Crippen molar-refractivity contribution in [1.29, 1.82) is 0 Å². The van der Waals surface area contributed by atoms with Crippen molar-refractivity contribution in [2.75, 3.05) is 7.05 Å². The van der Waals surface area contributed by atoms with Crippen LogP contribution in [0.25, 0.3) is 0 Å². The van der Waals surface area contributed by atoms with E-state index >= 15 is 0 Å². The Bertz CT molecular complexity index is 191. The van der Waals surface area contributed by atoms with Crippen LogP contribution in [0.15, 0.2) is 0 Å². The summed E-state index contributed by atoms with van der Waals surface area (Å²) >= 11 is 2.19. The highest BCUT2D eigenvalue weighted by atomic mass is 32.2. The van der Waals surface area contributed by atoms with Gasteiger partial charge in [-0.15, -0.1) is 0 Å². The van der Waals surface area contributed by atoms with Gasteiger partial charge in [0.15, 0.2) is 0 Å². The Labute approximate surface area is 99.8 Å². The molecule has 90 valence electrons. The fourth-order valence-corrected chi connectivity index (χ4v) is 4.46. The molecule has 1 fully saturated rings. The SMILES string of the molecule is CCC(C)SC1CCCC(C)(C)C1NC. The zero-order valence-electron chi connectivity index (χ0n) is 11.0. The van der Waals surface area contributed by atoms with Crippen molar-refractivity contribution >= 4 is 11.8 Å². The summed E-state index contributed by atoms with van der Waals surface area (Å²) in [6, 6.07) is 0.685. The third-order valence-corrected chi connectivity index (χ3v) is 5.47. The highest BCUT2D eigenvalue weighted by Crippen LogP contribution is 2.41. The lowest BCUT2D eigenvalue weighted by atomic mass is 9.73. The summed E-state index contributed by atoms with van der Waals surface area (Å²) in [7, 11) is 2.13. The lowest BCUT2D eigenvalue weighted by Crippen LogP contribution is -2.50. The Kier molecular flexibility index (Phi) is 4.98. The zero-order chi connectivity index (χ0) is 11.5. The second kappa shape index (κ2) is 5.58. The molecule has 1 aliphatic carbocycles. The molecule has 0 aliphatic heterocycles. The average molecular weight is 229 g/mol. The summed E-state index contributed by atoms with van der Waals surface area (Å²) in [6.45, 7) is 9.48. The first-order chi connectivity index (χ1) is 7.01. The van der Waals surface area contributed by atoms with Crippen molar-refractivity contribution in [3.63, 3.8) is 0 Å². The van der Waals surface area contributed by atoms with Crippen LogP contribution in [0.1, 0.15) is 53.4 Å². The van der Waals surface area contributed by atoms with Gasteiger partial charge in [-0.1, -0.05) is 34.1 Å². The molecule has 3 unspecified atom stereocenters. The van der Waals surface area contributed by atoms with Crippen LogP contribution in [0.2, 0.25) is 0 Å². The first kappa shape index (κ1) is 13.4. The lowest BCUT2D eigenvalue weighted by Gasteiger charge is -2.44. The summed E-state index contributed by atoms with van der Waals surface area (Å²) in [5, 5.41) is 5.17. The van der Waals surface area contributed by atoms with Crippen LogP contribution in [-0.4, -0.2) is 23.6 Å². The second-order valence-electron chi connectivity index (χ2n) is 5.54. The molecule has 0 aromatic heterocycles. The molecule has 0 spiro atoms. The van der Waals surface area contributed by atoms with E-state index in [0.717, 1.165) is 10.5 Å². The van der Waals surface area contributed by atoms with Gasteiger partial charge in [-0.25, -0.2) is 0 Å². The Morgan fingerprint density at radius 2 is 2.13 bits per heavy atom. The van der Waals surface area contributed by atoms with E-state index in [1.807, 2.05) is 0 Å². The molecule has 0 bridgehead atoms. The second-order valence-corrected chi connectivity index (χ2v) is 7.22. The molecule has 1 aliphatic rings. The molecule has 0 aromatic rings. The fourth-order valence-electron chi connectivity index (χ4n) is 2.70. The molecule has 3 atom stereocenters. The maximum atomic E-state index is 3.55. The molecule has 0 aromatic carbocycles. The number of thioether (sulfide) groups is 1. The lowest BCUT2D eigenvalue weighted by molar-refractivity contribution is 0.182. The van der Waals surface area contributed by atoms with Gasteiger partial charge >= 0.3 is 0 Å². The van der Waals surface area contributed by atoms with E-state index in [4.69, 9.17) is 0 Å². The van der Waals surface area contributed by atoms with Crippen molar-refractivity contribution in [1.82, 2.24) is 5.32 Å². The Morgan fingerprint density at radius 3 is 2.67 bits per heavy atom. The monoisotopic (exact) mass is 229 g/mol. The van der Waals surface area contributed by atoms with E-state index in [1.165, 1.54) is 25.7 Å². The maximum Gasteiger partial charge on any atom is 0.0234 e. The molecular formula is C13H27NS. The van der Waals surface area contributed by atoms with Gasteiger partial charge in [0.25, 0.3) is 0 Å². The van der Waals surface area contributed by atoms with Crippen molar-refractivity contribution < 1.29 is 0 Å². The normalized spacial score (nSPS) is 32.6. The molecule has 1 nitrogen and oxygen atoms in total. The number of hydrogen-bond acceptors (Lipinski definition) is 2. The summed E-state index contributed by atoms with van der Waals surface area (Å²) in [5.74, 6) is 0. The van der Waals surface area contributed by atoms with E-state index < -0.39 is 0 Å². The molecule has 0 radical (unpaired) electrons. The van der Waals surface area contributed by atoms with E-state index in [-0.39, 0.29) is 0 Å². The van der Waals surface area contributed by atoms with Crippen LogP contribution >= 0.6 is 11.8 Å². The predicted molar refractivity (Wildman–Crippen MR) is 71.6 cm³/mol. The number of nitrogens with one attached hydrogen (secondary N) is 1. The molecule has 1 rings (SSSR count). The van der Waals surface area contributed by atoms with Crippen LogP contribution in [0.3, 0.4) is 0 Å². The summed E-state index contributed by atoms with van der Waals surface area (Å²) in [4.78, 5) is 0. The van der Waals surface area contributed by atoms with Gasteiger partial charge in [-0.05, 0) is 31.7 Å². The summed E-state index contributed by atoms with van der Waals surface area (Å²) < 4.78 is 0. The minimum atomic E-state index is 0.470.